The number of alkyl halides is 3. The van der Waals surface area contributed by atoms with Crippen molar-refractivity contribution in [1.29, 1.82) is 5.26 Å². The van der Waals surface area contributed by atoms with Gasteiger partial charge in [-0.05, 0) is 41.2 Å². The van der Waals surface area contributed by atoms with Gasteiger partial charge in [-0.2, -0.15) is 18.4 Å². The monoisotopic (exact) mass is 596 g/mol. The fourth-order valence-corrected chi connectivity index (χ4v) is 5.29. The van der Waals surface area contributed by atoms with Gasteiger partial charge in [0, 0.05) is 22.0 Å². The summed E-state index contributed by atoms with van der Waals surface area (Å²) in [6.45, 7) is 5.97. The molecular weight excluding hydrogens is 575 g/mol. The van der Waals surface area contributed by atoms with Crippen LogP contribution in [0.1, 0.15) is 44.2 Å². The van der Waals surface area contributed by atoms with Crippen LogP contribution in [0.15, 0.2) is 36.4 Å². The number of halogens is 7. The van der Waals surface area contributed by atoms with Gasteiger partial charge in [0.1, 0.15) is 17.3 Å². The van der Waals surface area contributed by atoms with Crippen molar-refractivity contribution < 1.29 is 37.4 Å². The number of carbonyl (C=O) groups is 2. The molecule has 13 heteroatoms. The Morgan fingerprint density at radius 1 is 1.08 bits per heavy atom. The molecule has 0 bridgehead atoms. The van der Waals surface area contributed by atoms with Crippen molar-refractivity contribution in [3.8, 4) is 6.07 Å². The Labute approximate surface area is 231 Å². The zero-order valence-corrected chi connectivity index (χ0v) is 22.5. The van der Waals surface area contributed by atoms with Crippen molar-refractivity contribution in [3.63, 3.8) is 0 Å². The molecule has 2 aromatic carbocycles. The van der Waals surface area contributed by atoms with E-state index < -0.39 is 47.3 Å². The number of nitrogens with one attached hydrogen (secondary N) is 1. The first kappa shape index (κ1) is 31.6. The fraction of sp³-hybridized carbons (Fsp3) is 0.400. The van der Waals surface area contributed by atoms with E-state index in [-0.39, 0.29) is 21.0 Å². The van der Waals surface area contributed by atoms with Crippen LogP contribution in [0.25, 0.3) is 0 Å². The van der Waals surface area contributed by atoms with Gasteiger partial charge >= 0.3 is 18.1 Å². The molecule has 4 unspecified atom stereocenters. The summed E-state index contributed by atoms with van der Waals surface area (Å²) < 4.78 is 46.9. The van der Waals surface area contributed by atoms with Crippen molar-refractivity contribution in [3.05, 3.63) is 68.4 Å². The Hall–Kier alpha value is -2.58. The van der Waals surface area contributed by atoms with Crippen molar-refractivity contribution in [2.24, 2.45) is 5.41 Å². The summed E-state index contributed by atoms with van der Waals surface area (Å²) in [5.41, 5.74) is -1.29. The Morgan fingerprint density at radius 2 is 1.66 bits per heavy atom. The van der Waals surface area contributed by atoms with E-state index >= 15 is 4.39 Å². The largest absolute Gasteiger partial charge is 0.490 e. The summed E-state index contributed by atoms with van der Waals surface area (Å²) >= 11 is 18.6. The summed E-state index contributed by atoms with van der Waals surface area (Å²) in [7, 11) is 0. The highest BCUT2D eigenvalue weighted by atomic mass is 35.5. The van der Waals surface area contributed by atoms with Crippen LogP contribution < -0.4 is 5.32 Å². The molecule has 2 aromatic rings. The number of aliphatic carboxylic acids is 2. The van der Waals surface area contributed by atoms with E-state index in [1.807, 2.05) is 20.8 Å². The molecule has 4 atom stereocenters. The third-order valence-corrected chi connectivity index (χ3v) is 6.80. The van der Waals surface area contributed by atoms with Crippen LogP contribution in [0.2, 0.25) is 15.1 Å². The highest BCUT2D eigenvalue weighted by Gasteiger charge is 2.61. The normalized spacial score (nSPS) is 23.2. The number of carboxylic acids is 2. The lowest BCUT2D eigenvalue weighted by Crippen LogP contribution is -2.44. The number of nitrogens with zero attached hydrogens (tertiary/aromatic N) is 1. The standard InChI is InChI=1S/C23H22Cl3FN2O2.C2HF3O2/c1-22(2,3)10-17-23(11-28,14-8-7-12(24)9-16(14)26)18(20(29-17)21(30)31)13-5-4-6-15(25)19(13)27;3-2(4,5)1(6)7/h4-9,17-18,20,29H,10H2,1-3H3,(H,30,31);(H,6,7). The molecule has 0 saturated carbocycles. The van der Waals surface area contributed by atoms with Crippen LogP contribution in [0, 0.1) is 22.6 Å². The molecule has 1 aliphatic rings. The molecule has 1 heterocycles. The van der Waals surface area contributed by atoms with E-state index in [0.717, 1.165) is 0 Å². The Kier molecular flexibility index (Phi) is 9.71. The number of carboxylic acid groups (broad SMARTS) is 2. The second kappa shape index (κ2) is 11.7. The molecule has 6 nitrogen and oxygen atoms in total. The zero-order valence-electron chi connectivity index (χ0n) is 20.2. The predicted molar refractivity (Wildman–Crippen MR) is 134 cm³/mol. The lowest BCUT2D eigenvalue weighted by atomic mass is 9.63. The average Bonchev–Trinajstić information content (AvgIpc) is 3.08. The van der Waals surface area contributed by atoms with Crippen LogP contribution in [-0.4, -0.2) is 40.4 Å². The lowest BCUT2D eigenvalue weighted by molar-refractivity contribution is -0.192. The SMILES string of the molecule is CC(C)(C)CC1NC(C(=O)O)C(c2cccc(Cl)c2F)C1(C#N)c1ccc(Cl)cc1Cl.O=C(O)C(F)(F)F. The number of hydrogen-bond donors (Lipinski definition) is 3. The van der Waals surface area contributed by atoms with E-state index in [1.54, 1.807) is 18.2 Å². The minimum atomic E-state index is -5.08. The summed E-state index contributed by atoms with van der Waals surface area (Å²) in [6.07, 6.45) is -4.64. The third kappa shape index (κ3) is 6.70. The molecule has 3 rings (SSSR count). The fourth-order valence-electron chi connectivity index (χ4n) is 4.54. The van der Waals surface area contributed by atoms with E-state index in [9.17, 15) is 28.3 Å². The van der Waals surface area contributed by atoms with Crippen molar-refractivity contribution in [1.82, 2.24) is 5.32 Å². The van der Waals surface area contributed by atoms with Gasteiger partial charge in [0.05, 0.1) is 11.1 Å². The van der Waals surface area contributed by atoms with Crippen molar-refractivity contribution >= 4 is 46.7 Å². The van der Waals surface area contributed by atoms with Crippen LogP contribution >= 0.6 is 34.8 Å². The number of nitriles is 1. The maximum absolute atomic E-state index is 15.2. The van der Waals surface area contributed by atoms with Crippen molar-refractivity contribution in [2.75, 3.05) is 0 Å². The van der Waals surface area contributed by atoms with Crippen LogP contribution in [0.4, 0.5) is 17.6 Å². The van der Waals surface area contributed by atoms with E-state index in [1.165, 1.54) is 18.2 Å². The number of rotatable bonds is 4. The van der Waals surface area contributed by atoms with Gasteiger partial charge in [-0.25, -0.2) is 9.18 Å². The molecule has 0 aromatic heterocycles. The van der Waals surface area contributed by atoms with Gasteiger partial charge in [0.25, 0.3) is 0 Å². The van der Waals surface area contributed by atoms with E-state index in [4.69, 9.17) is 44.7 Å². The molecule has 206 valence electrons. The average molecular weight is 598 g/mol. The van der Waals surface area contributed by atoms with Gasteiger partial charge in [-0.3, -0.25) is 10.1 Å². The maximum Gasteiger partial charge on any atom is 0.490 e. The third-order valence-electron chi connectivity index (χ3n) is 5.96. The molecule has 0 amide bonds. The topological polar surface area (TPSA) is 110 Å². The van der Waals surface area contributed by atoms with Gasteiger partial charge in [0.15, 0.2) is 0 Å². The summed E-state index contributed by atoms with van der Waals surface area (Å²) in [4.78, 5) is 21.2. The first-order valence-corrected chi connectivity index (χ1v) is 12.1. The molecule has 1 saturated heterocycles. The summed E-state index contributed by atoms with van der Waals surface area (Å²) in [6, 6.07) is 9.60. The van der Waals surface area contributed by atoms with E-state index in [0.29, 0.717) is 17.0 Å². The number of hydrogen-bond acceptors (Lipinski definition) is 4. The predicted octanol–water partition coefficient (Wildman–Crippen LogP) is 6.83. The Morgan fingerprint density at radius 3 is 2.11 bits per heavy atom. The van der Waals surface area contributed by atoms with Crippen molar-refractivity contribution in [2.45, 2.75) is 56.8 Å². The van der Waals surface area contributed by atoms with Crippen LogP contribution in [0.5, 0.6) is 0 Å². The second-order valence-electron chi connectivity index (χ2n) is 9.83. The molecule has 0 aliphatic carbocycles. The quantitative estimate of drug-likeness (QED) is 0.334. The lowest BCUT2D eigenvalue weighted by Gasteiger charge is -2.37. The Balaban J connectivity index is 0.000000638. The number of benzene rings is 2. The molecular formula is C25H23Cl3F4N2O4. The smallest absolute Gasteiger partial charge is 0.480 e. The second-order valence-corrected chi connectivity index (χ2v) is 11.1. The molecule has 1 fully saturated rings. The summed E-state index contributed by atoms with van der Waals surface area (Å²) in [5.74, 6) is -5.78. The van der Waals surface area contributed by atoms with Crippen LogP contribution in [0.3, 0.4) is 0 Å². The zero-order chi connectivity index (χ0) is 29.2. The van der Waals surface area contributed by atoms with Gasteiger partial charge in [-0.1, -0.05) is 73.8 Å². The first-order valence-electron chi connectivity index (χ1n) is 11.0. The maximum atomic E-state index is 15.2. The van der Waals surface area contributed by atoms with Gasteiger partial charge < -0.3 is 10.2 Å². The summed E-state index contributed by atoms with van der Waals surface area (Å²) in [5, 5.41) is 31.3. The van der Waals surface area contributed by atoms with Crippen LogP contribution in [-0.2, 0) is 15.0 Å². The van der Waals surface area contributed by atoms with Gasteiger partial charge in [-0.15, -0.1) is 0 Å². The molecule has 0 spiro atoms. The molecule has 38 heavy (non-hydrogen) atoms. The minimum Gasteiger partial charge on any atom is -0.480 e. The Bertz CT molecular complexity index is 1260. The highest BCUT2D eigenvalue weighted by molar-refractivity contribution is 6.35. The minimum absolute atomic E-state index is 0.0522. The molecule has 1 aliphatic heterocycles. The molecule has 0 radical (unpaired) electrons. The van der Waals surface area contributed by atoms with Gasteiger partial charge in [0.2, 0.25) is 0 Å². The van der Waals surface area contributed by atoms with E-state index in [2.05, 4.69) is 11.4 Å². The molecule has 3 N–H and O–H groups in total. The first-order chi connectivity index (χ1) is 17.4. The highest BCUT2D eigenvalue weighted by Crippen LogP contribution is 2.53.